The minimum absolute atomic E-state index is 0.592. The Morgan fingerprint density at radius 3 is 3.00 bits per heavy atom. The molecule has 0 amide bonds. The van der Waals surface area contributed by atoms with Gasteiger partial charge in [0.2, 0.25) is 0 Å². The standard InChI is InChI=1S/C10H10BrF/c11-9-3-1-7-2-4-10(12)6-8(7)5-9/h1,3,5,10H,2,4,6H2. The lowest BCUT2D eigenvalue weighted by Crippen LogP contribution is -2.14. The van der Waals surface area contributed by atoms with Crippen molar-refractivity contribution in [3.63, 3.8) is 0 Å². The average Bonchev–Trinajstić information content (AvgIpc) is 2.03. The van der Waals surface area contributed by atoms with Crippen molar-refractivity contribution in [1.29, 1.82) is 0 Å². The van der Waals surface area contributed by atoms with Crippen LogP contribution in [-0.2, 0) is 12.8 Å². The second-order valence-electron chi connectivity index (χ2n) is 3.25. The summed E-state index contributed by atoms with van der Waals surface area (Å²) in [7, 11) is 0. The predicted octanol–water partition coefficient (Wildman–Crippen LogP) is 3.28. The molecule has 0 N–H and O–H groups in total. The topological polar surface area (TPSA) is 0 Å². The SMILES string of the molecule is FC1CCc2ccc(Br)cc2C1. The monoisotopic (exact) mass is 228 g/mol. The van der Waals surface area contributed by atoms with Gasteiger partial charge in [-0.05, 0) is 36.1 Å². The van der Waals surface area contributed by atoms with Crippen molar-refractivity contribution in [3.8, 4) is 0 Å². The number of hydrogen-bond acceptors (Lipinski definition) is 0. The van der Waals surface area contributed by atoms with Gasteiger partial charge < -0.3 is 0 Å². The lowest BCUT2D eigenvalue weighted by Gasteiger charge is -2.18. The molecule has 12 heavy (non-hydrogen) atoms. The maximum Gasteiger partial charge on any atom is 0.104 e. The molecule has 1 atom stereocenters. The largest absolute Gasteiger partial charge is 0.247 e. The van der Waals surface area contributed by atoms with E-state index in [1.165, 1.54) is 11.1 Å². The van der Waals surface area contributed by atoms with Gasteiger partial charge in [-0.2, -0.15) is 0 Å². The highest BCUT2D eigenvalue weighted by Gasteiger charge is 2.17. The molecule has 2 heteroatoms. The van der Waals surface area contributed by atoms with Gasteiger partial charge in [0.1, 0.15) is 6.17 Å². The minimum atomic E-state index is -0.633. The molecule has 0 fully saturated rings. The lowest BCUT2D eigenvalue weighted by molar-refractivity contribution is 0.301. The summed E-state index contributed by atoms with van der Waals surface area (Å²) in [6.45, 7) is 0. The van der Waals surface area contributed by atoms with Gasteiger partial charge in [-0.15, -0.1) is 0 Å². The maximum atomic E-state index is 13.0. The molecule has 0 saturated heterocycles. The van der Waals surface area contributed by atoms with Gasteiger partial charge in [0.05, 0.1) is 0 Å². The number of alkyl halides is 1. The van der Waals surface area contributed by atoms with Gasteiger partial charge in [0, 0.05) is 10.9 Å². The van der Waals surface area contributed by atoms with E-state index in [0.29, 0.717) is 12.8 Å². The Labute approximate surface area is 79.9 Å². The van der Waals surface area contributed by atoms with Crippen LogP contribution in [0.4, 0.5) is 4.39 Å². The van der Waals surface area contributed by atoms with Crippen molar-refractivity contribution >= 4 is 15.9 Å². The first kappa shape index (κ1) is 8.24. The van der Waals surface area contributed by atoms with Crippen LogP contribution in [0.25, 0.3) is 0 Å². The summed E-state index contributed by atoms with van der Waals surface area (Å²) in [6.07, 6.45) is 1.54. The van der Waals surface area contributed by atoms with Crippen LogP contribution in [0.3, 0.4) is 0 Å². The summed E-state index contributed by atoms with van der Waals surface area (Å²) >= 11 is 3.39. The summed E-state index contributed by atoms with van der Waals surface area (Å²) < 4.78 is 14.0. The molecule has 0 aromatic heterocycles. The quantitative estimate of drug-likeness (QED) is 0.640. The van der Waals surface area contributed by atoms with Crippen molar-refractivity contribution in [3.05, 3.63) is 33.8 Å². The van der Waals surface area contributed by atoms with Crippen LogP contribution in [-0.4, -0.2) is 6.17 Å². The van der Waals surface area contributed by atoms with Crippen LogP contribution in [0.5, 0.6) is 0 Å². The van der Waals surface area contributed by atoms with Crippen LogP contribution in [0.1, 0.15) is 17.5 Å². The van der Waals surface area contributed by atoms with E-state index in [0.717, 1.165) is 10.9 Å². The molecule has 0 radical (unpaired) electrons. The highest BCUT2D eigenvalue weighted by atomic mass is 79.9. The van der Waals surface area contributed by atoms with E-state index >= 15 is 0 Å². The number of fused-ring (bicyclic) bond motifs is 1. The van der Waals surface area contributed by atoms with E-state index in [-0.39, 0.29) is 0 Å². The molecule has 1 aliphatic carbocycles. The molecule has 0 bridgehead atoms. The third-order valence-electron chi connectivity index (χ3n) is 2.34. The van der Waals surface area contributed by atoms with Crippen LogP contribution in [0, 0.1) is 0 Å². The molecule has 1 aromatic rings. The number of benzene rings is 1. The first-order valence-corrected chi connectivity index (χ1v) is 4.96. The van der Waals surface area contributed by atoms with E-state index in [1.54, 1.807) is 0 Å². The Bertz CT molecular complexity index is 296. The van der Waals surface area contributed by atoms with E-state index in [1.807, 2.05) is 12.1 Å². The Morgan fingerprint density at radius 2 is 2.17 bits per heavy atom. The van der Waals surface area contributed by atoms with Crippen molar-refractivity contribution in [2.24, 2.45) is 0 Å². The molecule has 0 nitrogen and oxygen atoms in total. The highest BCUT2D eigenvalue weighted by molar-refractivity contribution is 9.10. The zero-order valence-corrected chi connectivity index (χ0v) is 8.27. The van der Waals surface area contributed by atoms with Crippen molar-refractivity contribution in [2.75, 3.05) is 0 Å². The summed E-state index contributed by atoms with van der Waals surface area (Å²) in [5.41, 5.74) is 2.48. The third-order valence-corrected chi connectivity index (χ3v) is 2.83. The molecule has 0 aliphatic heterocycles. The van der Waals surface area contributed by atoms with E-state index in [4.69, 9.17) is 0 Å². The van der Waals surface area contributed by atoms with E-state index in [9.17, 15) is 4.39 Å². The Balaban J connectivity index is 2.37. The van der Waals surface area contributed by atoms with Crippen LogP contribution < -0.4 is 0 Å². The van der Waals surface area contributed by atoms with Gasteiger partial charge >= 0.3 is 0 Å². The van der Waals surface area contributed by atoms with Crippen LogP contribution >= 0.6 is 15.9 Å². The van der Waals surface area contributed by atoms with Gasteiger partial charge in [-0.3, -0.25) is 0 Å². The molecule has 1 unspecified atom stereocenters. The van der Waals surface area contributed by atoms with Gasteiger partial charge in [0.15, 0.2) is 0 Å². The van der Waals surface area contributed by atoms with E-state index < -0.39 is 6.17 Å². The summed E-state index contributed by atoms with van der Waals surface area (Å²) in [5.74, 6) is 0. The Morgan fingerprint density at radius 1 is 1.33 bits per heavy atom. The number of rotatable bonds is 0. The van der Waals surface area contributed by atoms with Gasteiger partial charge in [-0.25, -0.2) is 4.39 Å². The minimum Gasteiger partial charge on any atom is -0.247 e. The van der Waals surface area contributed by atoms with Gasteiger partial charge in [0.25, 0.3) is 0 Å². The van der Waals surface area contributed by atoms with Crippen molar-refractivity contribution in [1.82, 2.24) is 0 Å². The molecule has 0 heterocycles. The summed E-state index contributed by atoms with van der Waals surface area (Å²) in [4.78, 5) is 0. The molecule has 64 valence electrons. The molecule has 0 spiro atoms. The zero-order chi connectivity index (χ0) is 8.55. The molecule has 1 aromatic carbocycles. The molecule has 0 saturated carbocycles. The second-order valence-corrected chi connectivity index (χ2v) is 4.17. The lowest BCUT2D eigenvalue weighted by atomic mass is 9.91. The van der Waals surface area contributed by atoms with Gasteiger partial charge in [-0.1, -0.05) is 22.0 Å². The van der Waals surface area contributed by atoms with Crippen molar-refractivity contribution in [2.45, 2.75) is 25.4 Å². The predicted molar refractivity (Wildman–Crippen MR) is 51.1 cm³/mol. The first-order valence-electron chi connectivity index (χ1n) is 4.17. The molecular formula is C10H10BrF. The van der Waals surface area contributed by atoms with Crippen molar-refractivity contribution < 1.29 is 4.39 Å². The molecule has 2 rings (SSSR count). The summed E-state index contributed by atoms with van der Waals surface area (Å²) in [6, 6.07) is 6.14. The Hall–Kier alpha value is -0.370. The fourth-order valence-corrected chi connectivity index (χ4v) is 2.09. The highest BCUT2D eigenvalue weighted by Crippen LogP contribution is 2.25. The third kappa shape index (κ3) is 1.53. The maximum absolute atomic E-state index is 13.0. The first-order chi connectivity index (χ1) is 5.75. The Kier molecular flexibility index (Phi) is 2.18. The average molecular weight is 229 g/mol. The number of aryl methyl sites for hydroxylation is 1. The molecule has 1 aliphatic rings. The van der Waals surface area contributed by atoms with Crippen LogP contribution in [0.2, 0.25) is 0 Å². The number of halogens is 2. The fourth-order valence-electron chi connectivity index (χ4n) is 1.68. The zero-order valence-electron chi connectivity index (χ0n) is 6.69. The second kappa shape index (κ2) is 3.17. The van der Waals surface area contributed by atoms with E-state index in [2.05, 4.69) is 22.0 Å². The summed E-state index contributed by atoms with van der Waals surface area (Å²) in [5, 5.41) is 0. The normalized spacial score (nSPS) is 22.0. The number of hydrogen-bond donors (Lipinski definition) is 0. The van der Waals surface area contributed by atoms with Crippen LogP contribution in [0.15, 0.2) is 22.7 Å². The molecular weight excluding hydrogens is 219 g/mol. The fraction of sp³-hybridized carbons (Fsp3) is 0.400. The smallest absolute Gasteiger partial charge is 0.104 e.